The lowest BCUT2D eigenvalue weighted by Gasteiger charge is -2.35. The van der Waals surface area contributed by atoms with Crippen molar-refractivity contribution in [3.8, 4) is 0 Å². The van der Waals surface area contributed by atoms with Crippen LogP contribution in [0.2, 0.25) is 0 Å². The predicted octanol–water partition coefficient (Wildman–Crippen LogP) is 0.749. The summed E-state index contributed by atoms with van der Waals surface area (Å²) >= 11 is 0. The van der Waals surface area contributed by atoms with Crippen LogP contribution in [0.5, 0.6) is 0 Å². The molecule has 2 aliphatic rings. The van der Waals surface area contributed by atoms with Crippen molar-refractivity contribution in [2.24, 2.45) is 5.92 Å². The number of carbonyl (C=O) groups excluding carboxylic acids is 2. The zero-order valence-corrected chi connectivity index (χ0v) is 8.84. The van der Waals surface area contributed by atoms with Gasteiger partial charge >= 0.3 is 6.03 Å². The van der Waals surface area contributed by atoms with Gasteiger partial charge in [0.05, 0.1) is 0 Å². The SMILES string of the molecule is COC1(C2CCCCC2)NC(=O)NC1=O. The van der Waals surface area contributed by atoms with Gasteiger partial charge in [-0.2, -0.15) is 0 Å². The van der Waals surface area contributed by atoms with Gasteiger partial charge in [0, 0.05) is 13.0 Å². The average molecular weight is 212 g/mol. The molecule has 0 spiro atoms. The summed E-state index contributed by atoms with van der Waals surface area (Å²) in [6, 6.07) is -0.451. The number of hydrogen-bond acceptors (Lipinski definition) is 3. The van der Waals surface area contributed by atoms with Crippen LogP contribution in [0.25, 0.3) is 0 Å². The summed E-state index contributed by atoms with van der Waals surface area (Å²) in [5, 5.41) is 4.86. The van der Waals surface area contributed by atoms with Crippen molar-refractivity contribution in [1.29, 1.82) is 0 Å². The smallest absolute Gasteiger partial charge is 0.324 e. The molecule has 1 saturated carbocycles. The fourth-order valence-electron chi connectivity index (χ4n) is 2.56. The van der Waals surface area contributed by atoms with Crippen LogP contribution in [0.15, 0.2) is 0 Å². The normalized spacial score (nSPS) is 32.6. The van der Waals surface area contributed by atoms with Gasteiger partial charge in [0.2, 0.25) is 5.72 Å². The minimum absolute atomic E-state index is 0.0997. The van der Waals surface area contributed by atoms with Crippen LogP contribution in [-0.4, -0.2) is 24.8 Å². The second kappa shape index (κ2) is 3.81. The molecule has 0 bridgehead atoms. The second-order valence-corrected chi connectivity index (χ2v) is 4.18. The fraction of sp³-hybridized carbons (Fsp3) is 0.800. The van der Waals surface area contributed by atoms with Gasteiger partial charge in [-0.15, -0.1) is 0 Å². The van der Waals surface area contributed by atoms with Crippen molar-refractivity contribution < 1.29 is 14.3 Å². The van der Waals surface area contributed by atoms with E-state index < -0.39 is 11.8 Å². The molecule has 5 nitrogen and oxygen atoms in total. The third-order valence-corrected chi connectivity index (χ3v) is 3.37. The van der Waals surface area contributed by atoms with Crippen LogP contribution in [0.1, 0.15) is 32.1 Å². The molecule has 1 aliphatic heterocycles. The van der Waals surface area contributed by atoms with Gasteiger partial charge in [0.1, 0.15) is 0 Å². The van der Waals surface area contributed by atoms with E-state index in [9.17, 15) is 9.59 Å². The second-order valence-electron chi connectivity index (χ2n) is 4.18. The minimum Gasteiger partial charge on any atom is -0.350 e. The summed E-state index contributed by atoms with van der Waals surface area (Å²) in [6.45, 7) is 0. The first-order chi connectivity index (χ1) is 7.19. The molecular formula is C10H16N2O3. The van der Waals surface area contributed by atoms with E-state index in [4.69, 9.17) is 4.74 Å². The molecule has 1 atom stereocenters. The zero-order chi connectivity index (χ0) is 10.9. The van der Waals surface area contributed by atoms with Crippen molar-refractivity contribution in [3.63, 3.8) is 0 Å². The van der Waals surface area contributed by atoms with Crippen LogP contribution in [0.4, 0.5) is 4.79 Å². The van der Waals surface area contributed by atoms with Gasteiger partial charge < -0.3 is 10.1 Å². The topological polar surface area (TPSA) is 67.4 Å². The Bertz CT molecular complexity index is 286. The minimum atomic E-state index is -1.11. The van der Waals surface area contributed by atoms with E-state index in [-0.39, 0.29) is 11.8 Å². The Morgan fingerprint density at radius 2 is 1.93 bits per heavy atom. The highest BCUT2D eigenvalue weighted by atomic mass is 16.5. The lowest BCUT2D eigenvalue weighted by Crippen LogP contribution is -2.55. The van der Waals surface area contributed by atoms with Crippen molar-refractivity contribution in [3.05, 3.63) is 0 Å². The van der Waals surface area contributed by atoms with Gasteiger partial charge in [-0.25, -0.2) is 4.79 Å². The first kappa shape index (κ1) is 10.4. The first-order valence-corrected chi connectivity index (χ1v) is 5.38. The maximum Gasteiger partial charge on any atom is 0.324 e. The molecule has 0 radical (unpaired) electrons. The molecule has 1 aliphatic carbocycles. The number of ether oxygens (including phenoxy) is 1. The van der Waals surface area contributed by atoms with E-state index in [1.807, 2.05) is 0 Å². The van der Waals surface area contributed by atoms with E-state index >= 15 is 0 Å². The number of nitrogens with one attached hydrogen (secondary N) is 2. The van der Waals surface area contributed by atoms with Crippen LogP contribution < -0.4 is 10.6 Å². The van der Waals surface area contributed by atoms with Crippen LogP contribution in [-0.2, 0) is 9.53 Å². The number of imide groups is 1. The standard InChI is InChI=1S/C10H16N2O3/c1-15-10(7-5-3-2-4-6-7)8(13)11-9(14)12-10/h7H,2-6H2,1H3,(H2,11,12,13,14). The zero-order valence-electron chi connectivity index (χ0n) is 8.84. The predicted molar refractivity (Wildman–Crippen MR) is 53.0 cm³/mol. The van der Waals surface area contributed by atoms with Crippen LogP contribution in [0.3, 0.4) is 0 Å². The molecule has 2 N–H and O–H groups in total. The number of carbonyl (C=O) groups is 2. The molecule has 5 heteroatoms. The Balaban J connectivity index is 2.20. The maximum absolute atomic E-state index is 11.7. The van der Waals surface area contributed by atoms with Crippen molar-refractivity contribution >= 4 is 11.9 Å². The van der Waals surface area contributed by atoms with Gasteiger partial charge in [-0.05, 0) is 12.8 Å². The number of hydrogen-bond donors (Lipinski definition) is 2. The molecule has 0 aromatic carbocycles. The first-order valence-electron chi connectivity index (χ1n) is 5.38. The molecule has 1 saturated heterocycles. The number of rotatable bonds is 2. The molecule has 15 heavy (non-hydrogen) atoms. The Kier molecular flexibility index (Phi) is 2.65. The monoisotopic (exact) mass is 212 g/mol. The van der Waals surface area contributed by atoms with E-state index in [2.05, 4.69) is 10.6 Å². The van der Waals surface area contributed by atoms with E-state index in [1.54, 1.807) is 0 Å². The Morgan fingerprint density at radius 3 is 2.40 bits per heavy atom. The van der Waals surface area contributed by atoms with E-state index in [1.165, 1.54) is 13.5 Å². The van der Waals surface area contributed by atoms with Crippen LogP contribution >= 0.6 is 0 Å². The lowest BCUT2D eigenvalue weighted by atomic mass is 9.81. The average Bonchev–Trinajstić information content (AvgIpc) is 2.56. The molecule has 0 aromatic heterocycles. The molecule has 0 aromatic rings. The quantitative estimate of drug-likeness (QED) is 0.664. The summed E-state index contributed by atoms with van der Waals surface area (Å²) in [5.74, 6) is -0.246. The summed E-state index contributed by atoms with van der Waals surface area (Å²) < 4.78 is 5.28. The highest BCUT2D eigenvalue weighted by Gasteiger charge is 2.52. The molecule has 2 fully saturated rings. The Hall–Kier alpha value is -1.10. The lowest BCUT2D eigenvalue weighted by molar-refractivity contribution is -0.150. The van der Waals surface area contributed by atoms with Gasteiger partial charge in [0.25, 0.3) is 5.91 Å². The highest BCUT2D eigenvalue weighted by Crippen LogP contribution is 2.34. The van der Waals surface area contributed by atoms with Crippen LogP contribution in [0, 0.1) is 5.92 Å². The van der Waals surface area contributed by atoms with Crippen molar-refractivity contribution in [2.45, 2.75) is 37.8 Å². The fourth-order valence-corrected chi connectivity index (χ4v) is 2.56. The molecule has 3 amide bonds. The third-order valence-electron chi connectivity index (χ3n) is 3.37. The largest absolute Gasteiger partial charge is 0.350 e. The highest BCUT2D eigenvalue weighted by molar-refractivity contribution is 6.06. The van der Waals surface area contributed by atoms with Crippen molar-refractivity contribution in [2.75, 3.05) is 7.11 Å². The molecule has 1 unspecified atom stereocenters. The molecule has 84 valence electrons. The third kappa shape index (κ3) is 1.61. The summed E-state index contributed by atoms with van der Waals surface area (Å²) in [7, 11) is 1.47. The summed E-state index contributed by atoms with van der Waals surface area (Å²) in [6.07, 6.45) is 5.26. The van der Waals surface area contributed by atoms with Gasteiger partial charge in [-0.3, -0.25) is 10.1 Å². The number of methoxy groups -OCH3 is 1. The molecule has 1 heterocycles. The van der Waals surface area contributed by atoms with E-state index in [0.717, 1.165) is 25.7 Å². The Morgan fingerprint density at radius 1 is 1.27 bits per heavy atom. The van der Waals surface area contributed by atoms with Gasteiger partial charge in [-0.1, -0.05) is 19.3 Å². The number of amides is 3. The van der Waals surface area contributed by atoms with Gasteiger partial charge in [0.15, 0.2) is 0 Å². The number of urea groups is 1. The van der Waals surface area contributed by atoms with E-state index in [0.29, 0.717) is 0 Å². The molecule has 2 rings (SSSR count). The summed E-state index contributed by atoms with van der Waals surface area (Å²) in [5.41, 5.74) is -1.11. The summed E-state index contributed by atoms with van der Waals surface area (Å²) in [4.78, 5) is 22.9. The maximum atomic E-state index is 11.7. The van der Waals surface area contributed by atoms with Crippen molar-refractivity contribution in [1.82, 2.24) is 10.6 Å². The molecular weight excluding hydrogens is 196 g/mol. The Labute approximate surface area is 88.5 Å².